The van der Waals surface area contributed by atoms with Crippen LogP contribution >= 0.6 is 0 Å². The summed E-state index contributed by atoms with van der Waals surface area (Å²) in [5.41, 5.74) is 0.485. The smallest absolute Gasteiger partial charge is 0.252 e. The summed E-state index contributed by atoms with van der Waals surface area (Å²) in [7, 11) is 3.87. The summed E-state index contributed by atoms with van der Waals surface area (Å²) in [4.78, 5) is 57.3. The number of carbonyl (C=O) groups is 4. The number of hydrogen-bond donors (Lipinski definition) is 1. The molecule has 3 fully saturated rings. The lowest BCUT2D eigenvalue weighted by Gasteiger charge is -2.29. The zero-order chi connectivity index (χ0) is 24.1. The van der Waals surface area contributed by atoms with Crippen LogP contribution in [0.25, 0.3) is 0 Å². The van der Waals surface area contributed by atoms with E-state index in [1.165, 1.54) is 0 Å². The second-order valence-electron chi connectivity index (χ2n) is 10.1. The Morgan fingerprint density at radius 1 is 1.15 bits per heavy atom. The number of Topliss-reactive ketones (excluding diaryl/α,β-unsaturated/α-hetero) is 1. The number of nitrogens with one attached hydrogen (secondary N) is 1. The van der Waals surface area contributed by atoms with E-state index in [0.717, 1.165) is 5.69 Å². The third kappa shape index (κ3) is 3.89. The second-order valence-corrected chi connectivity index (χ2v) is 10.1. The molecule has 1 saturated carbocycles. The molecule has 1 N–H and O–H groups in total. The van der Waals surface area contributed by atoms with Crippen LogP contribution in [-0.2, 0) is 14.4 Å². The predicted molar refractivity (Wildman–Crippen MR) is 125 cm³/mol. The molecular weight excluding hydrogens is 420 g/mol. The molecule has 1 aromatic carbocycles. The van der Waals surface area contributed by atoms with Crippen LogP contribution in [0.5, 0.6) is 0 Å². The minimum atomic E-state index is -0.997. The number of amides is 3. The minimum absolute atomic E-state index is 0.0129. The average Bonchev–Trinajstić information content (AvgIpc) is 3.20. The summed E-state index contributed by atoms with van der Waals surface area (Å²) in [5, 5.41) is 3.04. The van der Waals surface area contributed by atoms with Crippen molar-refractivity contribution >= 4 is 29.2 Å². The van der Waals surface area contributed by atoms with Gasteiger partial charge in [0.2, 0.25) is 11.8 Å². The van der Waals surface area contributed by atoms with Crippen molar-refractivity contribution in [2.75, 3.05) is 32.1 Å². The highest BCUT2D eigenvalue weighted by Crippen LogP contribution is 2.51. The first-order valence-corrected chi connectivity index (χ1v) is 11.8. The first kappa shape index (κ1) is 23.3. The van der Waals surface area contributed by atoms with Gasteiger partial charge in [-0.05, 0) is 48.9 Å². The summed E-state index contributed by atoms with van der Waals surface area (Å²) >= 11 is 0. The van der Waals surface area contributed by atoms with E-state index < -0.39 is 11.6 Å². The van der Waals surface area contributed by atoms with Gasteiger partial charge in [-0.3, -0.25) is 19.2 Å². The lowest BCUT2D eigenvalue weighted by atomic mass is 10.0. The van der Waals surface area contributed by atoms with Crippen LogP contribution in [0, 0.1) is 11.8 Å². The normalized spacial score (nSPS) is 28.2. The summed E-state index contributed by atoms with van der Waals surface area (Å²) in [6.07, 6.45) is 1.49. The molecule has 8 heteroatoms. The zero-order valence-electron chi connectivity index (χ0n) is 20.1. The van der Waals surface area contributed by atoms with Crippen LogP contribution in [0.4, 0.5) is 5.69 Å². The van der Waals surface area contributed by atoms with Gasteiger partial charge in [0.15, 0.2) is 5.78 Å². The van der Waals surface area contributed by atoms with E-state index in [9.17, 15) is 19.2 Å². The van der Waals surface area contributed by atoms with Gasteiger partial charge in [-0.1, -0.05) is 20.8 Å². The van der Waals surface area contributed by atoms with Crippen LogP contribution in [0.3, 0.4) is 0 Å². The van der Waals surface area contributed by atoms with E-state index in [0.29, 0.717) is 31.4 Å². The molecule has 0 bridgehead atoms. The van der Waals surface area contributed by atoms with Crippen LogP contribution in [-0.4, -0.2) is 78.1 Å². The molecule has 1 aliphatic carbocycles. The van der Waals surface area contributed by atoms with Gasteiger partial charge in [-0.15, -0.1) is 0 Å². The number of ketones is 1. The molecule has 3 aliphatic rings. The quantitative estimate of drug-likeness (QED) is 0.707. The highest BCUT2D eigenvalue weighted by atomic mass is 16.2. The Morgan fingerprint density at radius 2 is 1.82 bits per heavy atom. The van der Waals surface area contributed by atoms with Gasteiger partial charge in [-0.25, -0.2) is 0 Å². The number of nitrogens with zero attached hydrogens (tertiary/aromatic N) is 3. The van der Waals surface area contributed by atoms with Gasteiger partial charge in [0.05, 0.1) is 12.6 Å². The van der Waals surface area contributed by atoms with Gasteiger partial charge >= 0.3 is 0 Å². The lowest BCUT2D eigenvalue weighted by Crippen LogP contribution is -2.55. The van der Waals surface area contributed by atoms with Gasteiger partial charge in [0, 0.05) is 38.3 Å². The Hall–Kier alpha value is -2.90. The SMILES string of the molecule is CCC(=O)N1CC(=O)[C@@H]2[C@H]1CCN2C(=O)C1(NC(=O)c2ccc(N(C)C)cc2)C[C@@H]1C(C)C. The maximum Gasteiger partial charge on any atom is 0.252 e. The number of carbonyl (C=O) groups excluding carboxylic acids is 4. The summed E-state index contributed by atoms with van der Waals surface area (Å²) in [6, 6.07) is 6.41. The monoisotopic (exact) mass is 454 g/mol. The van der Waals surface area contributed by atoms with Gasteiger partial charge in [0.1, 0.15) is 11.6 Å². The van der Waals surface area contributed by atoms with Crippen LogP contribution < -0.4 is 10.2 Å². The first-order chi connectivity index (χ1) is 15.6. The molecule has 0 spiro atoms. The molecule has 4 rings (SSSR count). The zero-order valence-corrected chi connectivity index (χ0v) is 20.1. The Balaban J connectivity index is 1.55. The van der Waals surface area contributed by atoms with E-state index in [1.807, 2.05) is 45.0 Å². The summed E-state index contributed by atoms with van der Waals surface area (Å²) in [5.74, 6) is -0.393. The number of benzene rings is 1. The number of fused-ring (bicyclic) bond motifs is 1. The van der Waals surface area contributed by atoms with Crippen molar-refractivity contribution in [3.8, 4) is 0 Å². The van der Waals surface area contributed by atoms with Crippen molar-refractivity contribution in [3.05, 3.63) is 29.8 Å². The second kappa shape index (κ2) is 8.47. The van der Waals surface area contributed by atoms with Crippen molar-refractivity contribution < 1.29 is 19.2 Å². The van der Waals surface area contributed by atoms with Crippen LogP contribution in [0.15, 0.2) is 24.3 Å². The predicted octanol–water partition coefficient (Wildman–Crippen LogP) is 1.69. The van der Waals surface area contributed by atoms with Gasteiger partial charge < -0.3 is 20.0 Å². The van der Waals surface area contributed by atoms with Crippen molar-refractivity contribution in [2.24, 2.45) is 11.8 Å². The fraction of sp³-hybridized carbons (Fsp3) is 0.600. The fourth-order valence-electron chi connectivity index (χ4n) is 5.55. The molecular formula is C25H34N4O4. The summed E-state index contributed by atoms with van der Waals surface area (Å²) in [6.45, 7) is 6.37. The molecule has 0 radical (unpaired) electrons. The molecule has 1 unspecified atom stereocenters. The van der Waals surface area contributed by atoms with Crippen LogP contribution in [0.2, 0.25) is 0 Å². The molecule has 1 aromatic rings. The van der Waals surface area contributed by atoms with Crippen molar-refractivity contribution in [3.63, 3.8) is 0 Å². The molecule has 8 nitrogen and oxygen atoms in total. The van der Waals surface area contributed by atoms with Crippen molar-refractivity contribution in [1.82, 2.24) is 15.1 Å². The molecule has 3 amide bonds. The molecule has 4 atom stereocenters. The minimum Gasteiger partial charge on any atom is -0.378 e. The fourth-order valence-corrected chi connectivity index (χ4v) is 5.55. The van der Waals surface area contributed by atoms with E-state index in [4.69, 9.17) is 0 Å². The van der Waals surface area contributed by atoms with Crippen molar-refractivity contribution in [1.29, 1.82) is 0 Å². The van der Waals surface area contributed by atoms with Crippen LogP contribution in [0.1, 0.15) is 50.4 Å². The highest BCUT2D eigenvalue weighted by molar-refractivity contribution is 6.04. The Bertz CT molecular complexity index is 973. The van der Waals surface area contributed by atoms with Gasteiger partial charge in [-0.2, -0.15) is 0 Å². The van der Waals surface area contributed by atoms with E-state index in [1.54, 1.807) is 28.9 Å². The molecule has 2 heterocycles. The third-order valence-corrected chi connectivity index (χ3v) is 7.49. The first-order valence-electron chi connectivity index (χ1n) is 11.8. The molecule has 2 aliphatic heterocycles. The molecule has 33 heavy (non-hydrogen) atoms. The molecule has 2 saturated heterocycles. The Labute approximate surface area is 195 Å². The average molecular weight is 455 g/mol. The summed E-state index contributed by atoms with van der Waals surface area (Å²) < 4.78 is 0. The molecule has 0 aromatic heterocycles. The standard InChI is InChI=1S/C25H34N4O4/c1-6-21(31)29-14-20(30)22-19(29)11-12-28(22)24(33)25(13-18(25)15(2)3)26-23(32)16-7-9-17(10-8-16)27(4)5/h7-10,15,18-19,22H,6,11-14H2,1-5H3,(H,26,32)/t18-,19-,22+,25?/m1/s1. The molecule has 178 valence electrons. The number of likely N-dealkylation sites (tertiary alicyclic amines) is 2. The Morgan fingerprint density at radius 3 is 2.36 bits per heavy atom. The maximum atomic E-state index is 13.8. The Kier molecular flexibility index (Phi) is 5.97. The maximum absolute atomic E-state index is 13.8. The van der Waals surface area contributed by atoms with Gasteiger partial charge in [0.25, 0.3) is 5.91 Å². The number of hydrogen-bond acceptors (Lipinski definition) is 5. The largest absolute Gasteiger partial charge is 0.378 e. The highest BCUT2D eigenvalue weighted by Gasteiger charge is 2.65. The topological polar surface area (TPSA) is 90.0 Å². The van der Waals surface area contributed by atoms with E-state index in [2.05, 4.69) is 5.32 Å². The number of anilines is 1. The van der Waals surface area contributed by atoms with E-state index >= 15 is 0 Å². The third-order valence-electron chi connectivity index (χ3n) is 7.49. The lowest BCUT2D eigenvalue weighted by molar-refractivity contribution is -0.139. The number of rotatable bonds is 6. The van der Waals surface area contributed by atoms with E-state index in [-0.39, 0.29) is 47.9 Å². The van der Waals surface area contributed by atoms with Crippen molar-refractivity contribution in [2.45, 2.75) is 57.7 Å².